The zero-order chi connectivity index (χ0) is 22.2. The number of benzene rings is 3. The Morgan fingerprint density at radius 1 is 1.03 bits per heavy atom. The maximum absolute atomic E-state index is 13.0. The van der Waals surface area contributed by atoms with E-state index in [-0.39, 0.29) is 21.2 Å². The van der Waals surface area contributed by atoms with Crippen LogP contribution in [-0.4, -0.2) is 11.1 Å². The van der Waals surface area contributed by atoms with Gasteiger partial charge in [-0.05, 0) is 65.4 Å². The van der Waals surface area contributed by atoms with Gasteiger partial charge in [-0.3, -0.25) is 0 Å². The molecule has 0 radical (unpaired) electrons. The van der Waals surface area contributed by atoms with Crippen molar-refractivity contribution in [3.05, 3.63) is 82.9 Å². The second-order valence-corrected chi connectivity index (χ2v) is 8.99. The van der Waals surface area contributed by atoms with Crippen molar-refractivity contribution in [1.29, 1.82) is 0 Å². The van der Waals surface area contributed by atoms with Crippen LogP contribution in [-0.2, 0) is 6.18 Å². The molecule has 0 spiro atoms. The van der Waals surface area contributed by atoms with E-state index in [2.05, 4.69) is 4.72 Å². The van der Waals surface area contributed by atoms with Crippen LogP contribution in [0, 0.1) is 0 Å². The summed E-state index contributed by atoms with van der Waals surface area (Å²) in [6, 6.07) is 17.9. The zero-order valence-corrected chi connectivity index (χ0v) is 17.9. The standard InChI is InChI=1S/C22H13ClF3NO2S2/c23-15-9-14(22(24,25)26)10-16(11-15)31-27-18-7-13(5-6-17(18)21(28)29)20-8-12-3-1-2-4-19(12)30-20/h1-11,27H,(H,28,29). The molecule has 31 heavy (non-hydrogen) atoms. The third-order valence-corrected chi connectivity index (χ3v) is 6.61. The molecule has 0 atom stereocenters. The fourth-order valence-electron chi connectivity index (χ4n) is 2.99. The Morgan fingerprint density at radius 2 is 1.81 bits per heavy atom. The van der Waals surface area contributed by atoms with Crippen LogP contribution < -0.4 is 4.72 Å². The molecule has 9 heteroatoms. The lowest BCUT2D eigenvalue weighted by Crippen LogP contribution is -2.05. The number of thiophene rings is 1. The molecule has 158 valence electrons. The van der Waals surface area contributed by atoms with E-state index in [1.165, 1.54) is 12.1 Å². The number of carboxylic acids is 1. The van der Waals surface area contributed by atoms with Crippen molar-refractivity contribution in [3.8, 4) is 10.4 Å². The molecule has 0 amide bonds. The first-order chi connectivity index (χ1) is 14.7. The highest BCUT2D eigenvalue weighted by atomic mass is 35.5. The first-order valence-electron chi connectivity index (χ1n) is 8.87. The van der Waals surface area contributed by atoms with E-state index < -0.39 is 17.7 Å². The largest absolute Gasteiger partial charge is 0.478 e. The third-order valence-electron chi connectivity index (χ3n) is 4.44. The van der Waals surface area contributed by atoms with Gasteiger partial charge in [-0.25, -0.2) is 4.79 Å². The van der Waals surface area contributed by atoms with Crippen molar-refractivity contribution in [2.45, 2.75) is 11.1 Å². The van der Waals surface area contributed by atoms with E-state index in [4.69, 9.17) is 11.6 Å². The molecule has 3 aromatic carbocycles. The molecular weight excluding hydrogens is 467 g/mol. The lowest BCUT2D eigenvalue weighted by atomic mass is 10.1. The minimum atomic E-state index is -4.53. The quantitative estimate of drug-likeness (QED) is 0.284. The van der Waals surface area contributed by atoms with Crippen LogP contribution in [0.15, 0.2) is 71.6 Å². The lowest BCUT2D eigenvalue weighted by molar-refractivity contribution is -0.137. The number of aromatic carboxylic acids is 1. The number of hydrogen-bond acceptors (Lipinski definition) is 4. The maximum atomic E-state index is 13.0. The summed E-state index contributed by atoms with van der Waals surface area (Å²) in [5.41, 5.74) is 0.217. The molecule has 4 aromatic rings. The van der Waals surface area contributed by atoms with Crippen molar-refractivity contribution in [2.24, 2.45) is 0 Å². The van der Waals surface area contributed by atoms with Gasteiger partial charge in [0.2, 0.25) is 0 Å². The molecule has 1 heterocycles. The van der Waals surface area contributed by atoms with Crippen molar-refractivity contribution in [1.82, 2.24) is 0 Å². The van der Waals surface area contributed by atoms with E-state index in [0.717, 1.165) is 44.6 Å². The number of carbonyl (C=O) groups is 1. The first-order valence-corrected chi connectivity index (χ1v) is 10.9. The van der Waals surface area contributed by atoms with Crippen LogP contribution in [0.3, 0.4) is 0 Å². The van der Waals surface area contributed by atoms with Crippen LogP contribution in [0.5, 0.6) is 0 Å². The summed E-state index contributed by atoms with van der Waals surface area (Å²) in [6.07, 6.45) is -4.53. The fourth-order valence-corrected chi connectivity index (χ4v) is 5.12. The number of fused-ring (bicyclic) bond motifs is 1. The van der Waals surface area contributed by atoms with Crippen molar-refractivity contribution in [2.75, 3.05) is 4.72 Å². The zero-order valence-electron chi connectivity index (χ0n) is 15.5. The van der Waals surface area contributed by atoms with E-state index in [9.17, 15) is 23.1 Å². The maximum Gasteiger partial charge on any atom is 0.416 e. The molecule has 0 saturated carbocycles. The summed E-state index contributed by atoms with van der Waals surface area (Å²) in [5.74, 6) is -1.15. The number of alkyl halides is 3. The van der Waals surface area contributed by atoms with E-state index in [1.54, 1.807) is 23.5 Å². The Morgan fingerprint density at radius 3 is 2.52 bits per heavy atom. The van der Waals surface area contributed by atoms with Gasteiger partial charge in [-0.1, -0.05) is 35.9 Å². The topological polar surface area (TPSA) is 49.3 Å². The summed E-state index contributed by atoms with van der Waals surface area (Å²) >= 11 is 8.26. The molecule has 0 aliphatic rings. The molecule has 0 fully saturated rings. The van der Waals surface area contributed by atoms with Gasteiger partial charge >= 0.3 is 12.1 Å². The summed E-state index contributed by atoms with van der Waals surface area (Å²) in [7, 11) is 0. The first kappa shape index (κ1) is 21.5. The van der Waals surface area contributed by atoms with Crippen LogP contribution in [0.2, 0.25) is 5.02 Å². The SMILES string of the molecule is O=C(O)c1ccc(-c2cc3ccccc3s2)cc1NSc1cc(Cl)cc(C(F)(F)F)c1. The molecule has 4 rings (SSSR count). The minimum Gasteiger partial charge on any atom is -0.478 e. The van der Waals surface area contributed by atoms with Crippen molar-refractivity contribution >= 4 is 56.6 Å². The average Bonchev–Trinajstić information content (AvgIpc) is 3.15. The smallest absolute Gasteiger partial charge is 0.416 e. The molecular formula is C22H13ClF3NO2S2. The van der Waals surface area contributed by atoms with Gasteiger partial charge in [0.25, 0.3) is 0 Å². The second-order valence-electron chi connectivity index (χ2n) is 6.59. The summed E-state index contributed by atoms with van der Waals surface area (Å²) in [5, 5.41) is 10.5. The van der Waals surface area contributed by atoms with Gasteiger partial charge < -0.3 is 9.83 Å². The third kappa shape index (κ3) is 4.81. The highest BCUT2D eigenvalue weighted by Gasteiger charge is 2.31. The Balaban J connectivity index is 1.66. The van der Waals surface area contributed by atoms with Crippen LogP contribution >= 0.6 is 34.9 Å². The van der Waals surface area contributed by atoms with E-state index in [0.29, 0.717) is 0 Å². The van der Waals surface area contributed by atoms with Gasteiger partial charge in [-0.15, -0.1) is 11.3 Å². The summed E-state index contributed by atoms with van der Waals surface area (Å²) in [4.78, 5) is 12.8. The van der Waals surface area contributed by atoms with E-state index >= 15 is 0 Å². The molecule has 0 aliphatic carbocycles. The highest BCUT2D eigenvalue weighted by molar-refractivity contribution is 8.00. The molecule has 0 unspecified atom stereocenters. The Kier molecular flexibility index (Phi) is 5.88. The number of carboxylic acid groups (broad SMARTS) is 1. The summed E-state index contributed by atoms with van der Waals surface area (Å²) < 4.78 is 43.1. The minimum absolute atomic E-state index is 0.00966. The van der Waals surface area contributed by atoms with Gasteiger partial charge in [0.1, 0.15) is 0 Å². The van der Waals surface area contributed by atoms with Gasteiger partial charge in [0, 0.05) is 19.5 Å². The Hall–Kier alpha value is -2.68. The monoisotopic (exact) mass is 479 g/mol. The van der Waals surface area contributed by atoms with E-state index in [1.807, 2.05) is 30.3 Å². The number of hydrogen-bond donors (Lipinski definition) is 2. The summed E-state index contributed by atoms with van der Waals surface area (Å²) in [6.45, 7) is 0. The van der Waals surface area contributed by atoms with Crippen LogP contribution in [0.1, 0.15) is 15.9 Å². The molecule has 3 nitrogen and oxygen atoms in total. The van der Waals surface area contributed by atoms with Crippen molar-refractivity contribution in [3.63, 3.8) is 0 Å². The Labute approximate surface area is 188 Å². The molecule has 0 bridgehead atoms. The van der Waals surface area contributed by atoms with Gasteiger partial charge in [0.05, 0.1) is 16.8 Å². The number of nitrogens with one attached hydrogen (secondary N) is 1. The lowest BCUT2D eigenvalue weighted by Gasteiger charge is -2.13. The number of anilines is 1. The van der Waals surface area contributed by atoms with Gasteiger partial charge in [-0.2, -0.15) is 13.2 Å². The highest BCUT2D eigenvalue weighted by Crippen LogP contribution is 2.38. The van der Waals surface area contributed by atoms with Crippen molar-refractivity contribution < 1.29 is 23.1 Å². The number of halogens is 4. The molecule has 2 N–H and O–H groups in total. The molecule has 0 saturated heterocycles. The van der Waals surface area contributed by atoms with Gasteiger partial charge in [0.15, 0.2) is 0 Å². The average molecular weight is 480 g/mol. The molecule has 1 aromatic heterocycles. The fraction of sp³-hybridized carbons (Fsp3) is 0.0455. The predicted octanol–water partition coefficient (Wildman–Crippen LogP) is 8.06. The number of rotatable bonds is 5. The van der Waals surface area contributed by atoms with Crippen LogP contribution in [0.25, 0.3) is 20.5 Å². The second kappa shape index (κ2) is 8.45. The molecule has 0 aliphatic heterocycles. The van der Waals surface area contributed by atoms with Crippen LogP contribution in [0.4, 0.5) is 18.9 Å². The normalized spacial score (nSPS) is 11.6. The predicted molar refractivity (Wildman–Crippen MR) is 120 cm³/mol. The Bertz CT molecular complexity index is 1250.